The minimum atomic E-state index is 0.522. The van der Waals surface area contributed by atoms with E-state index in [1.54, 1.807) is 12.4 Å². The fourth-order valence-electron chi connectivity index (χ4n) is 1.50. The van der Waals surface area contributed by atoms with Gasteiger partial charge in [0, 0.05) is 19.2 Å². The van der Waals surface area contributed by atoms with Crippen molar-refractivity contribution in [2.24, 2.45) is 0 Å². The molecule has 0 aliphatic heterocycles. The zero-order chi connectivity index (χ0) is 12.6. The fraction of sp³-hybridized carbons (Fsp3) is 0.692. The van der Waals surface area contributed by atoms with Crippen LogP contribution in [0.2, 0.25) is 0 Å². The number of rotatable bonds is 9. The van der Waals surface area contributed by atoms with Crippen LogP contribution in [0.4, 0.5) is 0 Å². The Morgan fingerprint density at radius 2 is 2.11 bits per heavy atom. The van der Waals surface area contributed by atoms with Gasteiger partial charge in [0.2, 0.25) is 5.88 Å². The molecule has 5 nitrogen and oxygen atoms in total. The first kappa shape index (κ1) is 13.2. The summed E-state index contributed by atoms with van der Waals surface area (Å²) in [4.78, 5) is 8.52. The van der Waals surface area contributed by atoms with E-state index in [-0.39, 0.29) is 0 Å². The second kappa shape index (κ2) is 7.28. The standard InChI is InChI=1S/C13H21N3O2/c1-2-5-17-6-7-18-13-10-15-12(9-16-13)8-14-11-3-4-11/h9-11,14H,2-8H2,1H3. The van der Waals surface area contributed by atoms with Gasteiger partial charge in [-0.3, -0.25) is 4.98 Å². The van der Waals surface area contributed by atoms with Crippen LogP contribution >= 0.6 is 0 Å². The van der Waals surface area contributed by atoms with Gasteiger partial charge < -0.3 is 14.8 Å². The lowest BCUT2D eigenvalue weighted by Gasteiger charge is -2.06. The number of hydrogen-bond acceptors (Lipinski definition) is 5. The van der Waals surface area contributed by atoms with E-state index < -0.39 is 0 Å². The number of nitrogens with zero attached hydrogens (tertiary/aromatic N) is 2. The van der Waals surface area contributed by atoms with Crippen molar-refractivity contribution < 1.29 is 9.47 Å². The third kappa shape index (κ3) is 4.98. The van der Waals surface area contributed by atoms with Gasteiger partial charge in [-0.1, -0.05) is 6.92 Å². The SMILES string of the molecule is CCCOCCOc1cnc(CNC2CC2)cn1. The van der Waals surface area contributed by atoms with Crippen molar-refractivity contribution in [1.29, 1.82) is 0 Å². The summed E-state index contributed by atoms with van der Waals surface area (Å²) in [6.45, 7) is 4.77. The Bertz CT molecular complexity index is 339. The molecular formula is C13H21N3O2. The lowest BCUT2D eigenvalue weighted by atomic mass is 10.4. The molecule has 1 fully saturated rings. The van der Waals surface area contributed by atoms with E-state index in [2.05, 4.69) is 22.2 Å². The normalized spacial score (nSPS) is 14.7. The molecular weight excluding hydrogens is 230 g/mol. The first-order valence-corrected chi connectivity index (χ1v) is 6.63. The Kier molecular flexibility index (Phi) is 5.36. The van der Waals surface area contributed by atoms with E-state index in [4.69, 9.17) is 9.47 Å². The molecule has 1 saturated carbocycles. The molecule has 18 heavy (non-hydrogen) atoms. The van der Waals surface area contributed by atoms with Crippen molar-refractivity contribution in [2.45, 2.75) is 38.8 Å². The molecule has 1 N–H and O–H groups in total. The predicted molar refractivity (Wildman–Crippen MR) is 68.5 cm³/mol. The molecule has 0 atom stereocenters. The summed E-state index contributed by atoms with van der Waals surface area (Å²) in [5, 5.41) is 3.40. The molecule has 1 heterocycles. The molecule has 0 aromatic carbocycles. The average molecular weight is 251 g/mol. The number of hydrogen-bond donors (Lipinski definition) is 1. The molecule has 0 saturated heterocycles. The molecule has 5 heteroatoms. The van der Waals surface area contributed by atoms with Crippen LogP contribution in [0.5, 0.6) is 5.88 Å². The van der Waals surface area contributed by atoms with Gasteiger partial charge in [0.05, 0.1) is 24.7 Å². The van der Waals surface area contributed by atoms with E-state index in [1.807, 2.05) is 0 Å². The highest BCUT2D eigenvalue weighted by Gasteiger charge is 2.20. The first-order chi connectivity index (χ1) is 8.88. The minimum absolute atomic E-state index is 0.522. The molecule has 0 unspecified atom stereocenters. The van der Waals surface area contributed by atoms with E-state index in [1.165, 1.54) is 12.8 Å². The first-order valence-electron chi connectivity index (χ1n) is 6.63. The minimum Gasteiger partial charge on any atom is -0.474 e. The maximum Gasteiger partial charge on any atom is 0.232 e. The Morgan fingerprint density at radius 1 is 1.22 bits per heavy atom. The van der Waals surface area contributed by atoms with Crippen LogP contribution in [0, 0.1) is 0 Å². The van der Waals surface area contributed by atoms with Gasteiger partial charge in [-0.05, 0) is 19.3 Å². The van der Waals surface area contributed by atoms with Crippen LogP contribution in [0.1, 0.15) is 31.9 Å². The van der Waals surface area contributed by atoms with Crippen molar-refractivity contribution in [3.05, 3.63) is 18.1 Å². The van der Waals surface area contributed by atoms with Crippen molar-refractivity contribution in [3.8, 4) is 5.88 Å². The van der Waals surface area contributed by atoms with Crippen LogP contribution in [-0.4, -0.2) is 35.8 Å². The average Bonchev–Trinajstić information content (AvgIpc) is 3.22. The van der Waals surface area contributed by atoms with Gasteiger partial charge in [0.15, 0.2) is 0 Å². The topological polar surface area (TPSA) is 56.3 Å². The summed E-state index contributed by atoms with van der Waals surface area (Å²) in [6, 6.07) is 0.693. The highest BCUT2D eigenvalue weighted by atomic mass is 16.5. The highest BCUT2D eigenvalue weighted by Crippen LogP contribution is 2.18. The van der Waals surface area contributed by atoms with Gasteiger partial charge in [-0.25, -0.2) is 4.98 Å². The monoisotopic (exact) mass is 251 g/mol. The van der Waals surface area contributed by atoms with Crippen LogP contribution in [0.15, 0.2) is 12.4 Å². The summed E-state index contributed by atoms with van der Waals surface area (Å²) in [5.41, 5.74) is 0.955. The zero-order valence-corrected chi connectivity index (χ0v) is 10.9. The summed E-state index contributed by atoms with van der Waals surface area (Å²) in [5.74, 6) is 0.560. The Balaban J connectivity index is 1.63. The second-order valence-corrected chi connectivity index (χ2v) is 4.46. The maximum absolute atomic E-state index is 5.43. The molecule has 0 bridgehead atoms. The van der Waals surface area contributed by atoms with Crippen molar-refractivity contribution >= 4 is 0 Å². The summed E-state index contributed by atoms with van der Waals surface area (Å²) in [6.07, 6.45) is 7.03. The van der Waals surface area contributed by atoms with Gasteiger partial charge >= 0.3 is 0 Å². The largest absolute Gasteiger partial charge is 0.474 e. The van der Waals surface area contributed by atoms with Crippen LogP contribution in [0.25, 0.3) is 0 Å². The molecule has 1 aromatic rings. The van der Waals surface area contributed by atoms with Gasteiger partial charge in [-0.15, -0.1) is 0 Å². The molecule has 0 radical (unpaired) electrons. The van der Waals surface area contributed by atoms with Gasteiger partial charge in [0.1, 0.15) is 6.61 Å². The quantitative estimate of drug-likeness (QED) is 0.675. The molecule has 0 spiro atoms. The van der Waals surface area contributed by atoms with E-state index >= 15 is 0 Å². The molecule has 1 aromatic heterocycles. The second-order valence-electron chi connectivity index (χ2n) is 4.46. The fourth-order valence-corrected chi connectivity index (χ4v) is 1.50. The van der Waals surface area contributed by atoms with Crippen molar-refractivity contribution in [2.75, 3.05) is 19.8 Å². The Hall–Kier alpha value is -1.20. The Morgan fingerprint density at radius 3 is 2.78 bits per heavy atom. The molecule has 2 rings (SSSR count). The van der Waals surface area contributed by atoms with Crippen LogP contribution < -0.4 is 10.1 Å². The zero-order valence-electron chi connectivity index (χ0n) is 10.9. The number of nitrogens with one attached hydrogen (secondary N) is 1. The molecule has 100 valence electrons. The third-order valence-electron chi connectivity index (χ3n) is 2.66. The van der Waals surface area contributed by atoms with Gasteiger partial charge in [-0.2, -0.15) is 0 Å². The number of aromatic nitrogens is 2. The summed E-state index contributed by atoms with van der Waals surface area (Å²) >= 11 is 0. The summed E-state index contributed by atoms with van der Waals surface area (Å²) in [7, 11) is 0. The molecule has 0 amide bonds. The number of ether oxygens (including phenoxy) is 2. The predicted octanol–water partition coefficient (Wildman–Crippen LogP) is 1.53. The highest BCUT2D eigenvalue weighted by molar-refractivity contribution is 5.07. The van der Waals surface area contributed by atoms with Crippen molar-refractivity contribution in [1.82, 2.24) is 15.3 Å². The van der Waals surface area contributed by atoms with Crippen molar-refractivity contribution in [3.63, 3.8) is 0 Å². The third-order valence-corrected chi connectivity index (χ3v) is 2.66. The molecule has 1 aliphatic carbocycles. The summed E-state index contributed by atoms with van der Waals surface area (Å²) < 4.78 is 10.7. The molecule has 1 aliphatic rings. The smallest absolute Gasteiger partial charge is 0.232 e. The van der Waals surface area contributed by atoms with E-state index in [9.17, 15) is 0 Å². The lowest BCUT2D eigenvalue weighted by molar-refractivity contribution is 0.0988. The van der Waals surface area contributed by atoms with Crippen LogP contribution in [-0.2, 0) is 11.3 Å². The van der Waals surface area contributed by atoms with E-state index in [0.29, 0.717) is 25.1 Å². The van der Waals surface area contributed by atoms with Crippen LogP contribution in [0.3, 0.4) is 0 Å². The van der Waals surface area contributed by atoms with Gasteiger partial charge in [0.25, 0.3) is 0 Å². The maximum atomic E-state index is 5.43. The Labute approximate surface area is 108 Å². The lowest BCUT2D eigenvalue weighted by Crippen LogP contribution is -2.16. The van der Waals surface area contributed by atoms with E-state index in [0.717, 1.165) is 25.3 Å².